The predicted molar refractivity (Wildman–Crippen MR) is 33.6 cm³/mol. The number of Topliss-reactive ketones (excluding diaryl/α,β-unsaturated/α-hetero) is 1. The maximum Gasteiger partial charge on any atom is 0.343 e. The van der Waals surface area contributed by atoms with Crippen molar-refractivity contribution in [2.45, 2.75) is 25.7 Å². The van der Waals surface area contributed by atoms with Gasteiger partial charge in [0.2, 0.25) is 5.60 Å². The first kappa shape index (κ1) is 3.00. The van der Waals surface area contributed by atoms with Crippen LogP contribution in [0.2, 0.25) is 0 Å². The Morgan fingerprint density at radius 2 is 2.40 bits per heavy atom. The van der Waals surface area contributed by atoms with Crippen molar-refractivity contribution < 1.29 is 28.0 Å². The number of hydrogen-bond acceptors (Lipinski definition) is 3. The monoisotopic (exact) mass is 153 g/mol. The first-order valence-electron chi connectivity index (χ1n) is 5.42. The molecule has 0 rings (SSSR count). The third kappa shape index (κ3) is 1.33. The highest BCUT2D eigenvalue weighted by molar-refractivity contribution is 6.04. The maximum absolute atomic E-state index is 11.2. The van der Waals surface area contributed by atoms with E-state index in [9.17, 15) is 14.7 Å². The minimum atomic E-state index is -3.75. The second kappa shape index (κ2) is 2.79. The molecular formula is C6H10O4. The van der Waals surface area contributed by atoms with E-state index in [-0.39, 0.29) is 0 Å². The van der Waals surface area contributed by atoms with Crippen molar-refractivity contribution in [3.63, 3.8) is 0 Å². The first-order valence-corrected chi connectivity index (χ1v) is 2.21. The van der Waals surface area contributed by atoms with Crippen LogP contribution in [-0.4, -0.2) is 27.6 Å². The van der Waals surface area contributed by atoms with Gasteiger partial charge in [-0.2, -0.15) is 0 Å². The topological polar surface area (TPSA) is 74.6 Å². The quantitative estimate of drug-likeness (QED) is 0.435. The fourth-order valence-electron chi connectivity index (χ4n) is 0.253. The number of rotatable bonds is 3. The Balaban J connectivity index is 5.65. The molecule has 10 heavy (non-hydrogen) atoms. The van der Waals surface area contributed by atoms with Gasteiger partial charge in [0.25, 0.3) is 0 Å². The zero-order valence-electron chi connectivity index (χ0n) is 10.9. The lowest BCUT2D eigenvalue weighted by Gasteiger charge is -2.16. The van der Waals surface area contributed by atoms with Gasteiger partial charge >= 0.3 is 5.97 Å². The van der Waals surface area contributed by atoms with Crippen LogP contribution < -0.4 is 0 Å². The molecule has 0 aromatic carbocycles. The summed E-state index contributed by atoms with van der Waals surface area (Å²) < 4.78 is 40.8. The molecule has 0 bridgehead atoms. The Kier molecular flexibility index (Phi) is 0.838. The largest absolute Gasteiger partial charge is 0.479 e. The van der Waals surface area contributed by atoms with E-state index in [2.05, 4.69) is 0 Å². The molecular weight excluding hydrogens is 137 g/mol. The minimum absolute atomic E-state index is 1.27. The lowest BCUT2D eigenvalue weighted by Crippen LogP contribution is -2.44. The molecule has 0 aliphatic carbocycles. The molecule has 0 saturated carbocycles. The number of ketones is 1. The Morgan fingerprint density at radius 1 is 1.80 bits per heavy atom. The van der Waals surface area contributed by atoms with Crippen molar-refractivity contribution in [3.8, 4) is 0 Å². The van der Waals surface area contributed by atoms with Crippen LogP contribution in [0.5, 0.6) is 0 Å². The van der Waals surface area contributed by atoms with Crippen LogP contribution in [0.4, 0.5) is 0 Å². The van der Waals surface area contributed by atoms with Crippen molar-refractivity contribution in [1.29, 1.82) is 0 Å². The van der Waals surface area contributed by atoms with Crippen molar-refractivity contribution >= 4 is 11.8 Å². The van der Waals surface area contributed by atoms with Crippen LogP contribution in [0.3, 0.4) is 0 Å². The van der Waals surface area contributed by atoms with E-state index in [4.69, 9.17) is 13.3 Å². The summed E-state index contributed by atoms with van der Waals surface area (Å²) >= 11 is 0. The van der Waals surface area contributed by atoms with Crippen LogP contribution in [0.25, 0.3) is 0 Å². The van der Waals surface area contributed by atoms with E-state index in [1.165, 1.54) is 0 Å². The molecule has 0 aromatic rings. The molecule has 0 aliphatic heterocycles. The Hall–Kier alpha value is -0.900. The fourth-order valence-corrected chi connectivity index (χ4v) is 0.253. The van der Waals surface area contributed by atoms with Crippen molar-refractivity contribution in [2.24, 2.45) is 0 Å². The van der Waals surface area contributed by atoms with Gasteiger partial charge in [0.05, 0.1) is 0 Å². The predicted octanol–water partition coefficient (Wildman–Crippen LogP) is -0.199. The van der Waals surface area contributed by atoms with Crippen LogP contribution in [0.15, 0.2) is 0 Å². The van der Waals surface area contributed by atoms with Gasteiger partial charge in [0, 0.05) is 8.22 Å². The summed E-state index contributed by atoms with van der Waals surface area (Å²) in [6.45, 7) is -4.73. The molecule has 1 atom stereocenters. The highest BCUT2D eigenvalue weighted by atomic mass is 16.4. The highest BCUT2D eigenvalue weighted by Gasteiger charge is 2.38. The van der Waals surface area contributed by atoms with E-state index in [0.29, 0.717) is 0 Å². The van der Waals surface area contributed by atoms with Gasteiger partial charge in [-0.05, 0) is 13.2 Å². The second-order valence-electron chi connectivity index (χ2n) is 1.52. The number of aliphatic carboxylic acids is 1. The Bertz CT molecular complexity index is 311. The zero-order chi connectivity index (χ0) is 13.4. The molecule has 0 unspecified atom stereocenters. The van der Waals surface area contributed by atoms with Gasteiger partial charge in [-0.25, -0.2) is 4.79 Å². The van der Waals surface area contributed by atoms with Crippen molar-refractivity contribution in [1.82, 2.24) is 0 Å². The average Bonchev–Trinajstić information content (AvgIpc) is 2.13. The molecule has 0 saturated heterocycles. The molecule has 0 amide bonds. The van der Waals surface area contributed by atoms with Crippen LogP contribution in [0, 0.1) is 0 Å². The maximum atomic E-state index is 11.2. The number of aliphatic hydroxyl groups is 1. The van der Waals surface area contributed by atoms with E-state index >= 15 is 0 Å². The van der Waals surface area contributed by atoms with E-state index in [0.717, 1.165) is 0 Å². The van der Waals surface area contributed by atoms with E-state index < -0.39 is 37.5 Å². The molecule has 0 fully saturated rings. The average molecular weight is 153 g/mol. The third-order valence-electron chi connectivity index (χ3n) is 0.894. The van der Waals surface area contributed by atoms with E-state index in [1.54, 1.807) is 0 Å². The summed E-state index contributed by atoms with van der Waals surface area (Å²) in [4.78, 5) is 21.9. The molecule has 4 heteroatoms. The van der Waals surface area contributed by atoms with Crippen LogP contribution in [0.1, 0.15) is 28.3 Å². The number of carbonyl (C=O) groups is 2. The number of carbonyl (C=O) groups excluding carboxylic acids is 1. The summed E-state index contributed by atoms with van der Waals surface area (Å²) in [5.74, 6) is -4.48. The normalized spacial score (nSPS) is 27.3. The molecule has 2 N–H and O–H groups in total. The van der Waals surface area contributed by atoms with Crippen LogP contribution >= 0.6 is 0 Å². The van der Waals surface area contributed by atoms with Gasteiger partial charge < -0.3 is 10.2 Å². The van der Waals surface area contributed by atoms with Gasteiger partial charge in [0.15, 0.2) is 5.78 Å². The molecule has 0 spiro atoms. The summed E-state index contributed by atoms with van der Waals surface area (Å²) in [5.41, 5.74) is -3.75. The number of hydrogen-bond donors (Lipinski definition) is 2. The first-order chi connectivity index (χ1) is 6.91. The Morgan fingerprint density at radius 3 is 2.70 bits per heavy atom. The second-order valence-corrected chi connectivity index (χ2v) is 1.52. The zero-order valence-corrected chi connectivity index (χ0v) is 4.92. The summed E-state index contributed by atoms with van der Waals surface area (Å²) in [6, 6.07) is 0. The van der Waals surface area contributed by atoms with Gasteiger partial charge in [-0.3, -0.25) is 4.79 Å². The molecule has 0 radical (unpaired) electrons. The highest BCUT2D eigenvalue weighted by Crippen LogP contribution is 2.10. The minimum Gasteiger partial charge on any atom is -0.479 e. The lowest BCUT2D eigenvalue weighted by atomic mass is 9.99. The molecule has 58 valence electrons. The SMILES string of the molecule is [2H][13CH2]C([2H])([2H])[C@@](O)(C(=O)O)C(=O)C([2H])([2H])[2H]. The lowest BCUT2D eigenvalue weighted by molar-refractivity contribution is -0.164. The smallest absolute Gasteiger partial charge is 0.343 e. The summed E-state index contributed by atoms with van der Waals surface area (Å²) in [7, 11) is 0. The van der Waals surface area contributed by atoms with Crippen molar-refractivity contribution in [3.05, 3.63) is 0 Å². The Labute approximate surface area is 66.9 Å². The van der Waals surface area contributed by atoms with Gasteiger partial charge in [-0.1, -0.05) is 6.90 Å². The van der Waals surface area contributed by atoms with Crippen molar-refractivity contribution in [2.75, 3.05) is 0 Å². The third-order valence-corrected chi connectivity index (χ3v) is 0.894. The fraction of sp³-hybridized carbons (Fsp3) is 0.667. The molecule has 4 nitrogen and oxygen atoms in total. The van der Waals surface area contributed by atoms with Crippen LogP contribution in [-0.2, 0) is 9.59 Å². The summed E-state index contributed by atoms with van der Waals surface area (Å²) in [6.07, 6.45) is -3.19. The standard InChI is InChI=1S/C6H10O4/c1-3-6(10,4(2)7)5(8)9/h10H,3H2,1-2H3,(H,8,9)/t6-/m0/s1/i1+1D,2D3,3D2. The molecule has 0 aliphatic rings. The molecule has 0 aromatic heterocycles. The van der Waals surface area contributed by atoms with Gasteiger partial charge in [0.1, 0.15) is 0 Å². The number of carboxylic acid groups (broad SMARTS) is 1. The molecule has 0 heterocycles. The number of carboxylic acids is 1. The van der Waals surface area contributed by atoms with Gasteiger partial charge in [-0.15, -0.1) is 0 Å². The summed E-state index contributed by atoms with van der Waals surface area (Å²) in [5, 5.41) is 18.0. The van der Waals surface area contributed by atoms with E-state index in [1.807, 2.05) is 0 Å².